The van der Waals surface area contributed by atoms with Crippen LogP contribution in [-0.2, 0) is 14.7 Å². The Morgan fingerprint density at radius 3 is 1.97 bits per heavy atom. The van der Waals surface area contributed by atoms with Gasteiger partial charge in [0, 0.05) is 5.41 Å². The Balaban J connectivity index is 1.72. The molecule has 0 saturated carbocycles. The maximum Gasteiger partial charge on any atom is 0.495 e. The van der Waals surface area contributed by atoms with E-state index in [1.807, 2.05) is 0 Å². The van der Waals surface area contributed by atoms with Gasteiger partial charge in [-0.15, -0.1) is 0 Å². The van der Waals surface area contributed by atoms with Gasteiger partial charge >= 0.3 is 7.12 Å². The molecule has 2 nitrogen and oxygen atoms in total. The van der Waals surface area contributed by atoms with Crippen molar-refractivity contribution in [2.45, 2.75) is 51.2 Å². The predicted molar refractivity (Wildman–Crippen MR) is 122 cm³/mol. The highest BCUT2D eigenvalue weighted by atomic mass is 16.7. The summed E-state index contributed by atoms with van der Waals surface area (Å²) in [5.74, 6) is 0. The first-order valence-corrected chi connectivity index (χ1v) is 10.4. The van der Waals surface area contributed by atoms with E-state index in [4.69, 9.17) is 9.31 Å². The van der Waals surface area contributed by atoms with E-state index in [9.17, 15) is 0 Å². The minimum Gasteiger partial charge on any atom is -0.399 e. The average molecular weight is 382 g/mol. The second-order valence-electron chi connectivity index (χ2n) is 9.47. The standard InChI is InChI=1S/C26H27BO2/c1-24(2)25(3,4)29-27(28-24)22-17-18-15-16-26(5,19-11-7-6-8-12-19)23(18)21-14-10-9-13-20(21)22/h6-17H,1-5H3/t26-/m1/s1. The summed E-state index contributed by atoms with van der Waals surface area (Å²) >= 11 is 0. The van der Waals surface area contributed by atoms with E-state index in [-0.39, 0.29) is 23.7 Å². The van der Waals surface area contributed by atoms with Gasteiger partial charge in [-0.2, -0.15) is 0 Å². The summed E-state index contributed by atoms with van der Waals surface area (Å²) in [6.07, 6.45) is 4.58. The van der Waals surface area contributed by atoms with E-state index < -0.39 is 0 Å². The lowest BCUT2D eigenvalue weighted by molar-refractivity contribution is 0.00578. The third-order valence-electron chi connectivity index (χ3n) is 7.10. The molecule has 1 heterocycles. The summed E-state index contributed by atoms with van der Waals surface area (Å²) < 4.78 is 12.8. The lowest BCUT2D eigenvalue weighted by atomic mass is 9.70. The van der Waals surface area contributed by atoms with Crippen molar-refractivity contribution in [1.29, 1.82) is 0 Å². The van der Waals surface area contributed by atoms with Gasteiger partial charge in [0.1, 0.15) is 0 Å². The molecule has 0 unspecified atom stereocenters. The topological polar surface area (TPSA) is 18.5 Å². The molecular weight excluding hydrogens is 355 g/mol. The number of hydrogen-bond donors (Lipinski definition) is 0. The zero-order valence-corrected chi connectivity index (χ0v) is 17.8. The van der Waals surface area contributed by atoms with E-state index in [0.717, 1.165) is 5.46 Å². The summed E-state index contributed by atoms with van der Waals surface area (Å²) in [7, 11) is -0.368. The van der Waals surface area contributed by atoms with E-state index in [0.29, 0.717) is 0 Å². The highest BCUT2D eigenvalue weighted by molar-refractivity contribution is 6.65. The molecule has 0 N–H and O–H groups in total. The minimum absolute atomic E-state index is 0.148. The summed E-state index contributed by atoms with van der Waals surface area (Å²) in [4.78, 5) is 0. The Morgan fingerprint density at radius 1 is 0.724 bits per heavy atom. The van der Waals surface area contributed by atoms with Crippen LogP contribution in [-0.4, -0.2) is 18.3 Å². The van der Waals surface area contributed by atoms with Crippen LogP contribution in [0.1, 0.15) is 51.3 Å². The van der Waals surface area contributed by atoms with Crippen LogP contribution in [0.2, 0.25) is 0 Å². The molecule has 1 aliphatic heterocycles. The van der Waals surface area contributed by atoms with Crippen molar-refractivity contribution in [3.05, 3.63) is 83.4 Å². The highest BCUT2D eigenvalue weighted by Crippen LogP contribution is 2.45. The Labute approximate surface area is 173 Å². The van der Waals surface area contributed by atoms with Crippen molar-refractivity contribution < 1.29 is 9.31 Å². The molecule has 0 amide bonds. The Kier molecular flexibility index (Phi) is 3.91. The van der Waals surface area contributed by atoms with Crippen LogP contribution in [0.15, 0.2) is 66.7 Å². The monoisotopic (exact) mass is 382 g/mol. The molecule has 0 bridgehead atoms. The zero-order valence-electron chi connectivity index (χ0n) is 17.8. The molecule has 1 atom stereocenters. The summed E-state index contributed by atoms with van der Waals surface area (Å²) in [6, 6.07) is 21.7. The predicted octanol–water partition coefficient (Wildman–Crippen LogP) is 5.47. The molecule has 5 rings (SSSR count). The number of benzene rings is 3. The normalized spacial score (nSPS) is 24.2. The minimum atomic E-state index is -0.368. The first kappa shape index (κ1) is 18.7. The lowest BCUT2D eigenvalue weighted by Crippen LogP contribution is -2.41. The van der Waals surface area contributed by atoms with Crippen LogP contribution in [0.5, 0.6) is 0 Å². The summed E-state index contributed by atoms with van der Waals surface area (Å²) in [5.41, 5.74) is 4.17. The van der Waals surface area contributed by atoms with Gasteiger partial charge in [0.2, 0.25) is 0 Å². The van der Waals surface area contributed by atoms with Crippen molar-refractivity contribution in [3.8, 4) is 0 Å². The van der Waals surface area contributed by atoms with Crippen LogP contribution in [0.4, 0.5) is 0 Å². The van der Waals surface area contributed by atoms with Gasteiger partial charge in [0.25, 0.3) is 0 Å². The van der Waals surface area contributed by atoms with Crippen LogP contribution in [0, 0.1) is 0 Å². The summed E-state index contributed by atoms with van der Waals surface area (Å²) in [5, 5.41) is 2.47. The maximum atomic E-state index is 6.41. The van der Waals surface area contributed by atoms with Gasteiger partial charge in [0.05, 0.1) is 11.2 Å². The molecule has 3 aromatic rings. The molecule has 0 aromatic heterocycles. The van der Waals surface area contributed by atoms with E-state index >= 15 is 0 Å². The van der Waals surface area contributed by atoms with Crippen LogP contribution < -0.4 is 5.46 Å². The Morgan fingerprint density at radius 2 is 1.31 bits per heavy atom. The van der Waals surface area contributed by atoms with E-state index in [1.165, 1.54) is 27.5 Å². The second kappa shape index (κ2) is 6.07. The van der Waals surface area contributed by atoms with Gasteiger partial charge < -0.3 is 9.31 Å². The molecule has 0 spiro atoms. The molecule has 146 valence electrons. The van der Waals surface area contributed by atoms with E-state index in [2.05, 4.69) is 107 Å². The molecule has 29 heavy (non-hydrogen) atoms. The zero-order chi connectivity index (χ0) is 20.4. The average Bonchev–Trinajstić information content (AvgIpc) is 3.15. The summed E-state index contributed by atoms with van der Waals surface area (Å²) in [6.45, 7) is 10.7. The quantitative estimate of drug-likeness (QED) is 0.547. The van der Waals surface area contributed by atoms with Crippen molar-refractivity contribution in [1.82, 2.24) is 0 Å². The SMILES string of the molecule is CC1(C)OB(c2cc3c(c4ccccc24)[C@@](C)(c2ccccc2)C=C3)OC1(C)C. The number of allylic oxidation sites excluding steroid dienone is 1. The number of hydrogen-bond acceptors (Lipinski definition) is 2. The van der Waals surface area contributed by atoms with Crippen LogP contribution in [0.3, 0.4) is 0 Å². The first-order valence-electron chi connectivity index (χ1n) is 10.4. The van der Waals surface area contributed by atoms with Crippen molar-refractivity contribution in [2.75, 3.05) is 0 Å². The third kappa shape index (κ3) is 2.64. The molecule has 1 aliphatic carbocycles. The van der Waals surface area contributed by atoms with Crippen LogP contribution >= 0.6 is 0 Å². The Bertz CT molecular complexity index is 1110. The van der Waals surface area contributed by atoms with Gasteiger partial charge in [0.15, 0.2) is 0 Å². The Hall–Kier alpha value is -2.36. The fourth-order valence-electron chi connectivity index (χ4n) is 4.67. The molecule has 1 fully saturated rings. The largest absolute Gasteiger partial charge is 0.495 e. The van der Waals surface area contributed by atoms with Gasteiger partial charge in [-0.25, -0.2) is 0 Å². The fraction of sp³-hybridized carbons (Fsp3) is 0.308. The molecule has 2 aliphatic rings. The maximum absolute atomic E-state index is 6.41. The molecule has 3 aromatic carbocycles. The van der Waals surface area contributed by atoms with Gasteiger partial charge in [-0.05, 0) is 67.5 Å². The fourth-order valence-corrected chi connectivity index (χ4v) is 4.67. The number of rotatable bonds is 2. The van der Waals surface area contributed by atoms with Crippen molar-refractivity contribution in [2.24, 2.45) is 0 Å². The van der Waals surface area contributed by atoms with Gasteiger partial charge in [-0.3, -0.25) is 0 Å². The highest BCUT2D eigenvalue weighted by Gasteiger charge is 2.52. The third-order valence-corrected chi connectivity index (χ3v) is 7.10. The smallest absolute Gasteiger partial charge is 0.399 e. The molecule has 3 heteroatoms. The van der Waals surface area contributed by atoms with Crippen molar-refractivity contribution >= 4 is 29.4 Å². The van der Waals surface area contributed by atoms with Crippen molar-refractivity contribution in [3.63, 3.8) is 0 Å². The first-order chi connectivity index (χ1) is 13.7. The van der Waals surface area contributed by atoms with E-state index in [1.54, 1.807) is 0 Å². The molecule has 0 radical (unpaired) electrons. The number of fused-ring (bicyclic) bond motifs is 3. The van der Waals surface area contributed by atoms with Crippen LogP contribution in [0.25, 0.3) is 16.8 Å². The second-order valence-corrected chi connectivity index (χ2v) is 9.47. The molecular formula is C26H27BO2. The molecule has 1 saturated heterocycles. The van der Waals surface area contributed by atoms with Gasteiger partial charge in [-0.1, -0.05) is 72.8 Å². The lowest BCUT2D eigenvalue weighted by Gasteiger charge is -2.32.